The maximum Gasteiger partial charge on any atom is 0.307 e. The summed E-state index contributed by atoms with van der Waals surface area (Å²) in [6, 6.07) is 5.70. The number of nitrogens with two attached hydrogens (primary N) is 1. The number of nitrogen functional groups attached to an aromatic ring is 1. The largest absolute Gasteiger partial charge is 0.399 e. The molecule has 5 heteroatoms. The van der Waals surface area contributed by atoms with Crippen LogP contribution >= 0.6 is 27.3 Å². The number of anilines is 1. The van der Waals surface area contributed by atoms with Crippen LogP contribution < -0.4 is 10.6 Å². The summed E-state index contributed by atoms with van der Waals surface area (Å²) in [6.07, 6.45) is 0. The summed E-state index contributed by atoms with van der Waals surface area (Å²) < 4.78 is 2.68. The zero-order chi connectivity index (χ0) is 11.7. The van der Waals surface area contributed by atoms with Gasteiger partial charge in [-0.2, -0.15) is 0 Å². The Morgan fingerprint density at radius 3 is 2.75 bits per heavy atom. The number of hydrogen-bond donors (Lipinski definition) is 1. The van der Waals surface area contributed by atoms with E-state index in [0.717, 1.165) is 15.7 Å². The Kier molecular flexibility index (Phi) is 3.16. The predicted octanol–water partition coefficient (Wildman–Crippen LogP) is 2.61. The normalized spacial score (nSPS) is 10.6. The smallest absolute Gasteiger partial charge is 0.307 e. The molecule has 0 amide bonds. The van der Waals surface area contributed by atoms with Crippen molar-refractivity contribution < 1.29 is 0 Å². The Morgan fingerprint density at radius 1 is 1.44 bits per heavy atom. The highest BCUT2D eigenvalue weighted by atomic mass is 79.9. The van der Waals surface area contributed by atoms with E-state index in [1.807, 2.05) is 30.5 Å². The maximum atomic E-state index is 11.6. The number of thiazole rings is 1. The molecule has 0 saturated carbocycles. The van der Waals surface area contributed by atoms with Gasteiger partial charge in [0.25, 0.3) is 0 Å². The molecule has 0 bridgehead atoms. The third-order valence-electron chi connectivity index (χ3n) is 2.30. The Hall–Kier alpha value is -1.07. The van der Waals surface area contributed by atoms with Crippen molar-refractivity contribution in [1.29, 1.82) is 0 Å². The van der Waals surface area contributed by atoms with Crippen molar-refractivity contribution in [2.24, 2.45) is 0 Å². The number of halogens is 1. The lowest BCUT2D eigenvalue weighted by molar-refractivity contribution is 0.755. The van der Waals surface area contributed by atoms with Crippen LogP contribution in [0.3, 0.4) is 0 Å². The third-order valence-corrected chi connectivity index (χ3v) is 3.64. The van der Waals surface area contributed by atoms with Gasteiger partial charge >= 0.3 is 4.87 Å². The number of aromatic nitrogens is 1. The molecule has 0 spiro atoms. The number of rotatable bonds is 2. The number of nitrogens with zero attached hydrogens (tertiary/aromatic N) is 1. The van der Waals surface area contributed by atoms with Crippen LogP contribution in [0, 0.1) is 6.92 Å². The van der Waals surface area contributed by atoms with Crippen LogP contribution in [0.2, 0.25) is 0 Å². The first kappa shape index (κ1) is 11.4. The van der Waals surface area contributed by atoms with Gasteiger partial charge in [0.1, 0.15) is 0 Å². The van der Waals surface area contributed by atoms with E-state index >= 15 is 0 Å². The Bertz CT molecular complexity index is 553. The van der Waals surface area contributed by atoms with Crippen LogP contribution in [-0.4, -0.2) is 4.57 Å². The van der Waals surface area contributed by atoms with E-state index < -0.39 is 0 Å². The van der Waals surface area contributed by atoms with Crippen molar-refractivity contribution in [3.05, 3.63) is 49.0 Å². The quantitative estimate of drug-likeness (QED) is 0.867. The average Bonchev–Trinajstić information content (AvgIpc) is 2.48. The van der Waals surface area contributed by atoms with E-state index in [-0.39, 0.29) is 4.87 Å². The summed E-state index contributed by atoms with van der Waals surface area (Å²) in [5, 5.41) is 1.86. The lowest BCUT2D eigenvalue weighted by Crippen LogP contribution is -2.15. The molecule has 0 radical (unpaired) electrons. The van der Waals surface area contributed by atoms with Gasteiger partial charge in [-0.1, -0.05) is 27.3 Å². The standard InChI is InChI=1S/C11H11BrN2OS/c1-7-6-16-11(15)14(7)5-8-2-9(12)4-10(13)3-8/h2-4,6H,5,13H2,1H3. The van der Waals surface area contributed by atoms with Crippen LogP contribution in [-0.2, 0) is 6.54 Å². The van der Waals surface area contributed by atoms with E-state index in [9.17, 15) is 4.79 Å². The summed E-state index contributed by atoms with van der Waals surface area (Å²) in [7, 11) is 0. The van der Waals surface area contributed by atoms with Crippen LogP contribution in [0.25, 0.3) is 0 Å². The van der Waals surface area contributed by atoms with Gasteiger partial charge in [0.15, 0.2) is 0 Å². The predicted molar refractivity (Wildman–Crippen MR) is 71.0 cm³/mol. The second-order valence-corrected chi connectivity index (χ2v) is 5.36. The van der Waals surface area contributed by atoms with Crippen molar-refractivity contribution in [3.8, 4) is 0 Å². The molecular formula is C11H11BrN2OS. The highest BCUT2D eigenvalue weighted by Crippen LogP contribution is 2.18. The van der Waals surface area contributed by atoms with Gasteiger partial charge in [-0.25, -0.2) is 0 Å². The second kappa shape index (κ2) is 4.43. The van der Waals surface area contributed by atoms with Crippen molar-refractivity contribution >= 4 is 33.0 Å². The average molecular weight is 299 g/mol. The molecule has 1 aromatic carbocycles. The fourth-order valence-electron chi connectivity index (χ4n) is 1.55. The molecule has 0 aliphatic heterocycles. The molecule has 3 nitrogen and oxygen atoms in total. The summed E-state index contributed by atoms with van der Waals surface area (Å²) in [6.45, 7) is 2.50. The van der Waals surface area contributed by atoms with E-state index in [4.69, 9.17) is 5.73 Å². The van der Waals surface area contributed by atoms with Crippen molar-refractivity contribution in [1.82, 2.24) is 4.57 Å². The minimum absolute atomic E-state index is 0.0658. The van der Waals surface area contributed by atoms with Crippen LogP contribution in [0.15, 0.2) is 32.8 Å². The first-order chi connectivity index (χ1) is 7.56. The summed E-state index contributed by atoms with van der Waals surface area (Å²) in [4.78, 5) is 11.6. The molecule has 84 valence electrons. The van der Waals surface area contributed by atoms with E-state index in [2.05, 4.69) is 15.9 Å². The number of aryl methyl sites for hydroxylation is 1. The van der Waals surface area contributed by atoms with E-state index in [1.165, 1.54) is 11.3 Å². The van der Waals surface area contributed by atoms with Gasteiger partial charge in [-0.05, 0) is 30.7 Å². The second-order valence-electron chi connectivity index (χ2n) is 3.62. The summed E-state index contributed by atoms with van der Waals surface area (Å²) in [5.41, 5.74) is 8.45. The zero-order valence-corrected chi connectivity index (χ0v) is 11.1. The van der Waals surface area contributed by atoms with Gasteiger partial charge < -0.3 is 5.73 Å². The molecule has 0 saturated heterocycles. The van der Waals surface area contributed by atoms with Gasteiger partial charge in [0, 0.05) is 21.2 Å². The van der Waals surface area contributed by atoms with Crippen molar-refractivity contribution in [3.63, 3.8) is 0 Å². The summed E-state index contributed by atoms with van der Waals surface area (Å²) in [5.74, 6) is 0. The van der Waals surface area contributed by atoms with Crippen molar-refractivity contribution in [2.75, 3.05) is 5.73 Å². The molecule has 0 aliphatic rings. The fourth-order valence-corrected chi connectivity index (χ4v) is 2.84. The van der Waals surface area contributed by atoms with E-state index in [1.54, 1.807) is 4.57 Å². The molecule has 2 rings (SSSR count). The highest BCUT2D eigenvalue weighted by molar-refractivity contribution is 9.10. The first-order valence-electron chi connectivity index (χ1n) is 4.76. The van der Waals surface area contributed by atoms with Crippen molar-refractivity contribution in [2.45, 2.75) is 13.5 Å². The molecule has 2 aromatic rings. The SMILES string of the molecule is Cc1csc(=O)n1Cc1cc(N)cc(Br)c1. The topological polar surface area (TPSA) is 48.0 Å². The zero-order valence-electron chi connectivity index (χ0n) is 8.74. The number of benzene rings is 1. The monoisotopic (exact) mass is 298 g/mol. The minimum atomic E-state index is 0.0658. The Balaban J connectivity index is 2.37. The third kappa shape index (κ3) is 2.36. The lowest BCUT2D eigenvalue weighted by atomic mass is 10.2. The maximum absolute atomic E-state index is 11.6. The van der Waals surface area contributed by atoms with Gasteiger partial charge in [-0.15, -0.1) is 0 Å². The van der Waals surface area contributed by atoms with Crippen LogP contribution in [0.5, 0.6) is 0 Å². The molecule has 0 fully saturated rings. The molecule has 16 heavy (non-hydrogen) atoms. The molecule has 1 heterocycles. The fraction of sp³-hybridized carbons (Fsp3) is 0.182. The minimum Gasteiger partial charge on any atom is -0.399 e. The van der Waals surface area contributed by atoms with Gasteiger partial charge in [-0.3, -0.25) is 9.36 Å². The molecule has 1 aromatic heterocycles. The number of hydrogen-bond acceptors (Lipinski definition) is 3. The Labute approximate surface area is 106 Å². The first-order valence-corrected chi connectivity index (χ1v) is 6.43. The molecule has 2 N–H and O–H groups in total. The highest BCUT2D eigenvalue weighted by Gasteiger charge is 2.04. The molecule has 0 aliphatic carbocycles. The van der Waals surface area contributed by atoms with Gasteiger partial charge in [0.05, 0.1) is 6.54 Å². The Morgan fingerprint density at radius 2 is 2.19 bits per heavy atom. The molecule has 0 atom stereocenters. The van der Waals surface area contributed by atoms with Crippen LogP contribution in [0.4, 0.5) is 5.69 Å². The van der Waals surface area contributed by atoms with Crippen LogP contribution in [0.1, 0.15) is 11.3 Å². The van der Waals surface area contributed by atoms with Gasteiger partial charge in [0.2, 0.25) is 0 Å². The molecular weight excluding hydrogens is 288 g/mol. The lowest BCUT2D eigenvalue weighted by Gasteiger charge is -2.06. The molecule has 0 unspecified atom stereocenters. The van der Waals surface area contributed by atoms with E-state index in [0.29, 0.717) is 12.2 Å². The summed E-state index contributed by atoms with van der Waals surface area (Å²) >= 11 is 4.61.